The Hall–Kier alpha value is -2.99. The molecule has 1 fully saturated rings. The third-order valence-corrected chi connectivity index (χ3v) is 4.66. The van der Waals surface area contributed by atoms with Crippen LogP contribution in [0.5, 0.6) is 0 Å². The molecule has 0 spiro atoms. The molecule has 2 N–H and O–H groups in total. The first-order valence-electron chi connectivity index (χ1n) is 8.77. The summed E-state index contributed by atoms with van der Waals surface area (Å²) in [5.41, 5.74) is 4.03. The van der Waals surface area contributed by atoms with Crippen LogP contribution in [0.4, 0.5) is 5.69 Å². The van der Waals surface area contributed by atoms with E-state index < -0.39 is 0 Å². The second kappa shape index (κ2) is 7.09. The van der Waals surface area contributed by atoms with Crippen LogP contribution >= 0.6 is 0 Å². The Balaban J connectivity index is 1.54. The van der Waals surface area contributed by atoms with Crippen molar-refractivity contribution in [1.29, 1.82) is 0 Å². The van der Waals surface area contributed by atoms with Gasteiger partial charge in [-0.3, -0.25) is 9.48 Å². The zero-order valence-corrected chi connectivity index (χ0v) is 14.6. The number of carbonyl (C=O) groups excluding carboxylic acids is 1. The summed E-state index contributed by atoms with van der Waals surface area (Å²) in [7, 11) is 0. The van der Waals surface area contributed by atoms with E-state index in [1.54, 1.807) is 0 Å². The van der Waals surface area contributed by atoms with Gasteiger partial charge >= 0.3 is 0 Å². The summed E-state index contributed by atoms with van der Waals surface area (Å²) in [5, 5.41) is 14.7. The number of aryl methyl sites for hydroxylation is 1. The highest BCUT2D eigenvalue weighted by Gasteiger charge is 2.18. The Labute approximate surface area is 152 Å². The zero-order valence-electron chi connectivity index (χ0n) is 14.6. The molecule has 1 amide bonds. The van der Waals surface area contributed by atoms with E-state index in [-0.39, 0.29) is 5.91 Å². The van der Waals surface area contributed by atoms with Crippen LogP contribution in [0.25, 0.3) is 11.3 Å². The van der Waals surface area contributed by atoms with E-state index in [0.717, 1.165) is 42.1 Å². The minimum Gasteiger partial charge on any atom is -0.322 e. The van der Waals surface area contributed by atoms with Crippen LogP contribution in [0.1, 0.15) is 15.9 Å². The normalized spacial score (nSPS) is 14.0. The number of para-hydroxylation sites is 1. The molecular formula is C20H21N5O. The number of hydrogen-bond donors (Lipinski definition) is 2. The van der Waals surface area contributed by atoms with Gasteiger partial charge in [-0.1, -0.05) is 35.5 Å². The van der Waals surface area contributed by atoms with E-state index in [1.807, 2.05) is 66.3 Å². The maximum Gasteiger partial charge on any atom is 0.255 e. The van der Waals surface area contributed by atoms with E-state index in [2.05, 4.69) is 20.9 Å². The van der Waals surface area contributed by atoms with Gasteiger partial charge in [0, 0.05) is 42.4 Å². The number of rotatable bonds is 5. The monoisotopic (exact) mass is 347 g/mol. The molecule has 1 aliphatic heterocycles. The summed E-state index contributed by atoms with van der Waals surface area (Å²) in [4.78, 5) is 12.7. The summed E-state index contributed by atoms with van der Waals surface area (Å²) in [6.45, 7) is 4.87. The third kappa shape index (κ3) is 3.50. The molecule has 2 aromatic carbocycles. The number of aromatic nitrogens is 3. The quantitative estimate of drug-likeness (QED) is 0.744. The van der Waals surface area contributed by atoms with Gasteiger partial charge in [0.25, 0.3) is 5.91 Å². The topological polar surface area (TPSA) is 71.8 Å². The lowest BCUT2D eigenvalue weighted by Gasteiger charge is -2.26. The van der Waals surface area contributed by atoms with Crippen LogP contribution in [0, 0.1) is 12.8 Å². The molecule has 6 heteroatoms. The first-order valence-corrected chi connectivity index (χ1v) is 8.77. The number of benzene rings is 2. The van der Waals surface area contributed by atoms with Crippen molar-refractivity contribution in [3.05, 3.63) is 65.9 Å². The smallest absolute Gasteiger partial charge is 0.255 e. The van der Waals surface area contributed by atoms with Crippen LogP contribution in [-0.4, -0.2) is 34.0 Å². The lowest BCUT2D eigenvalue weighted by molar-refractivity contribution is 0.102. The average molecular weight is 347 g/mol. The highest BCUT2D eigenvalue weighted by atomic mass is 16.1. The summed E-state index contributed by atoms with van der Waals surface area (Å²) in [5.74, 6) is 0.498. The molecule has 0 aliphatic carbocycles. The van der Waals surface area contributed by atoms with Gasteiger partial charge in [-0.05, 0) is 30.7 Å². The standard InChI is InChI=1S/C20H21N5O/c1-14-7-8-16(19-13-25(24-23-19)12-15-10-21-11-15)9-18(14)20(26)22-17-5-3-2-4-6-17/h2-9,13,15,21H,10-12H2,1H3,(H,22,26). The molecule has 4 rings (SSSR count). The van der Waals surface area contributed by atoms with Gasteiger partial charge < -0.3 is 10.6 Å². The van der Waals surface area contributed by atoms with Crippen molar-refractivity contribution in [2.45, 2.75) is 13.5 Å². The number of hydrogen-bond acceptors (Lipinski definition) is 4. The summed E-state index contributed by atoms with van der Waals surface area (Å²) in [6, 6.07) is 15.3. The van der Waals surface area contributed by atoms with Crippen molar-refractivity contribution in [2.24, 2.45) is 5.92 Å². The molecule has 0 bridgehead atoms. The predicted octanol–water partition coefficient (Wildman–Crippen LogP) is 2.73. The van der Waals surface area contributed by atoms with Crippen LogP contribution in [0.15, 0.2) is 54.7 Å². The van der Waals surface area contributed by atoms with E-state index in [1.165, 1.54) is 0 Å². The molecule has 0 saturated carbocycles. The van der Waals surface area contributed by atoms with Crippen molar-refractivity contribution in [3.63, 3.8) is 0 Å². The Morgan fingerprint density at radius 3 is 2.77 bits per heavy atom. The molecule has 2 heterocycles. The Bertz CT molecular complexity index is 915. The maximum absolute atomic E-state index is 12.7. The van der Waals surface area contributed by atoms with Gasteiger partial charge in [0.05, 0.1) is 6.20 Å². The van der Waals surface area contributed by atoms with Crippen molar-refractivity contribution in [3.8, 4) is 11.3 Å². The lowest BCUT2D eigenvalue weighted by atomic mass is 10.0. The molecule has 1 aromatic heterocycles. The Morgan fingerprint density at radius 1 is 1.23 bits per heavy atom. The van der Waals surface area contributed by atoms with Crippen LogP contribution < -0.4 is 10.6 Å². The van der Waals surface area contributed by atoms with E-state index in [0.29, 0.717) is 11.5 Å². The maximum atomic E-state index is 12.7. The molecule has 0 unspecified atom stereocenters. The molecule has 26 heavy (non-hydrogen) atoms. The van der Waals surface area contributed by atoms with Gasteiger partial charge in [-0.25, -0.2) is 0 Å². The first kappa shape index (κ1) is 16.5. The second-order valence-corrected chi connectivity index (χ2v) is 6.70. The molecule has 132 valence electrons. The SMILES string of the molecule is Cc1ccc(-c2cn(CC3CNC3)nn2)cc1C(=O)Nc1ccccc1. The van der Waals surface area contributed by atoms with Crippen LogP contribution in [-0.2, 0) is 6.54 Å². The Kier molecular flexibility index (Phi) is 4.50. The van der Waals surface area contributed by atoms with Crippen molar-refractivity contribution in [2.75, 3.05) is 18.4 Å². The van der Waals surface area contributed by atoms with Gasteiger partial charge in [0.15, 0.2) is 0 Å². The fourth-order valence-corrected chi connectivity index (χ4v) is 3.01. The number of nitrogens with zero attached hydrogens (tertiary/aromatic N) is 3. The third-order valence-electron chi connectivity index (χ3n) is 4.66. The molecule has 0 atom stereocenters. The number of carbonyl (C=O) groups is 1. The van der Waals surface area contributed by atoms with Crippen LogP contribution in [0.3, 0.4) is 0 Å². The zero-order chi connectivity index (χ0) is 17.9. The molecule has 1 aliphatic rings. The predicted molar refractivity (Wildman–Crippen MR) is 101 cm³/mol. The second-order valence-electron chi connectivity index (χ2n) is 6.70. The fourth-order valence-electron chi connectivity index (χ4n) is 3.01. The van der Waals surface area contributed by atoms with Gasteiger partial charge in [-0.15, -0.1) is 5.10 Å². The highest BCUT2D eigenvalue weighted by Crippen LogP contribution is 2.22. The molecule has 6 nitrogen and oxygen atoms in total. The molecule has 3 aromatic rings. The minimum atomic E-state index is -0.122. The first-order chi connectivity index (χ1) is 12.7. The highest BCUT2D eigenvalue weighted by molar-refractivity contribution is 6.05. The summed E-state index contributed by atoms with van der Waals surface area (Å²) < 4.78 is 1.88. The van der Waals surface area contributed by atoms with Gasteiger partial charge in [0.2, 0.25) is 0 Å². The summed E-state index contributed by atoms with van der Waals surface area (Å²) >= 11 is 0. The largest absolute Gasteiger partial charge is 0.322 e. The van der Waals surface area contributed by atoms with Crippen LogP contribution in [0.2, 0.25) is 0 Å². The van der Waals surface area contributed by atoms with E-state index in [9.17, 15) is 4.79 Å². The number of nitrogens with one attached hydrogen (secondary N) is 2. The number of amides is 1. The minimum absolute atomic E-state index is 0.122. The average Bonchev–Trinajstić information content (AvgIpc) is 3.08. The molecule has 1 saturated heterocycles. The van der Waals surface area contributed by atoms with Crippen molar-refractivity contribution >= 4 is 11.6 Å². The number of anilines is 1. The van der Waals surface area contributed by atoms with E-state index in [4.69, 9.17) is 0 Å². The molecule has 0 radical (unpaired) electrons. The van der Waals surface area contributed by atoms with Crippen molar-refractivity contribution in [1.82, 2.24) is 20.3 Å². The van der Waals surface area contributed by atoms with E-state index >= 15 is 0 Å². The van der Waals surface area contributed by atoms with Gasteiger partial charge in [-0.2, -0.15) is 0 Å². The van der Waals surface area contributed by atoms with Gasteiger partial charge in [0.1, 0.15) is 5.69 Å². The fraction of sp³-hybridized carbons (Fsp3) is 0.250. The van der Waals surface area contributed by atoms with Crippen molar-refractivity contribution < 1.29 is 4.79 Å². The lowest BCUT2D eigenvalue weighted by Crippen LogP contribution is -2.44. The summed E-state index contributed by atoms with van der Waals surface area (Å²) in [6.07, 6.45) is 1.95. The Morgan fingerprint density at radius 2 is 2.04 bits per heavy atom. The molecular weight excluding hydrogens is 326 g/mol.